The minimum absolute atomic E-state index is 0.0475. The van der Waals surface area contributed by atoms with Gasteiger partial charge < -0.3 is 0 Å². The van der Waals surface area contributed by atoms with E-state index < -0.39 is 0 Å². The molecule has 0 saturated carbocycles. The third kappa shape index (κ3) is 5.07. The van der Waals surface area contributed by atoms with Crippen molar-refractivity contribution in [1.82, 2.24) is 5.43 Å². The number of ketones is 1. The number of nitrogens with zero attached hydrogens (tertiary/aromatic N) is 1. The lowest BCUT2D eigenvalue weighted by Gasteiger charge is -2.02. The number of nitrogens with one attached hydrogen (secondary N) is 1. The van der Waals surface area contributed by atoms with Crippen LogP contribution in [-0.4, -0.2) is 16.4 Å². The molecule has 0 aliphatic rings. The lowest BCUT2D eigenvalue weighted by Crippen LogP contribution is -2.18. The molecule has 1 atom stereocenters. The van der Waals surface area contributed by atoms with Gasteiger partial charge in [-0.05, 0) is 19.9 Å². The van der Waals surface area contributed by atoms with Crippen LogP contribution in [0, 0.1) is 0 Å². The maximum absolute atomic E-state index is 10.9. The van der Waals surface area contributed by atoms with Crippen LogP contribution in [-0.2, 0) is 4.79 Å². The molecule has 1 N–H and O–H groups in total. The zero-order valence-corrected chi connectivity index (χ0v) is 9.05. The van der Waals surface area contributed by atoms with E-state index in [1.54, 1.807) is 12.2 Å². The van der Waals surface area contributed by atoms with Crippen molar-refractivity contribution in [2.75, 3.05) is 0 Å². The van der Waals surface area contributed by atoms with Gasteiger partial charge in [0.25, 0.3) is 0 Å². The van der Waals surface area contributed by atoms with Gasteiger partial charge >= 0.3 is 0 Å². The van der Waals surface area contributed by atoms with Crippen molar-refractivity contribution in [2.45, 2.75) is 25.7 Å². The van der Waals surface area contributed by atoms with E-state index in [1.807, 2.05) is 13.8 Å². The number of rotatable bonds is 4. The van der Waals surface area contributed by atoms with E-state index in [0.717, 1.165) is 0 Å². The zero-order chi connectivity index (χ0) is 9.56. The molecule has 0 bridgehead atoms. The summed E-state index contributed by atoms with van der Waals surface area (Å²) in [7, 11) is 0. The highest BCUT2D eigenvalue weighted by atomic mass is 79.9. The Labute approximate surface area is 81.0 Å². The third-order valence-electron chi connectivity index (χ3n) is 1.05. The number of halogens is 1. The van der Waals surface area contributed by atoms with Gasteiger partial charge in [0.1, 0.15) is 5.71 Å². The molecule has 0 radical (unpaired) electrons. The van der Waals surface area contributed by atoms with Crippen LogP contribution >= 0.6 is 15.9 Å². The number of Topliss-reactive ketones (excluding diaryl/α,β-unsaturated/α-hetero) is 1. The Kier molecular flexibility index (Phi) is 5.62. The van der Waals surface area contributed by atoms with Crippen molar-refractivity contribution in [3.05, 3.63) is 12.2 Å². The van der Waals surface area contributed by atoms with E-state index >= 15 is 0 Å². The van der Waals surface area contributed by atoms with Crippen molar-refractivity contribution < 1.29 is 4.79 Å². The van der Waals surface area contributed by atoms with Crippen LogP contribution < -0.4 is 5.43 Å². The molecule has 0 saturated heterocycles. The number of carbonyl (C=O) groups is 1. The van der Waals surface area contributed by atoms with Gasteiger partial charge in [-0.2, -0.15) is 5.10 Å². The summed E-state index contributed by atoms with van der Waals surface area (Å²) in [5.41, 5.74) is 3.18. The maximum atomic E-state index is 10.9. The lowest BCUT2D eigenvalue weighted by molar-refractivity contribution is -0.111. The van der Waals surface area contributed by atoms with E-state index in [2.05, 4.69) is 26.5 Å². The molecular weight excluding hydrogens is 220 g/mol. The second-order valence-corrected chi connectivity index (χ2v) is 3.67. The maximum Gasteiger partial charge on any atom is 0.179 e. The van der Waals surface area contributed by atoms with Crippen LogP contribution in [0.3, 0.4) is 0 Å². The Balaban J connectivity index is 4.29. The van der Waals surface area contributed by atoms with Crippen LogP contribution in [0.25, 0.3) is 0 Å². The standard InChI is InChI=1S/C8H13BrN2O/c1-4-5-8(6(2)12)11-10-7(3)9/h4-5,7,10H,1-3H3/b5-4+,11-8+. The predicted molar refractivity (Wildman–Crippen MR) is 54.5 cm³/mol. The van der Waals surface area contributed by atoms with Crippen molar-refractivity contribution >= 4 is 27.4 Å². The summed E-state index contributed by atoms with van der Waals surface area (Å²) in [4.78, 5) is 11.0. The highest BCUT2D eigenvalue weighted by Gasteiger charge is 2.00. The van der Waals surface area contributed by atoms with Gasteiger partial charge in [-0.3, -0.25) is 10.2 Å². The van der Waals surface area contributed by atoms with Crippen LogP contribution in [0.5, 0.6) is 0 Å². The van der Waals surface area contributed by atoms with Gasteiger partial charge in [0, 0.05) is 6.92 Å². The fourth-order valence-electron chi connectivity index (χ4n) is 0.550. The topological polar surface area (TPSA) is 41.5 Å². The van der Waals surface area contributed by atoms with E-state index in [0.29, 0.717) is 5.71 Å². The molecule has 0 spiro atoms. The number of hydrazone groups is 1. The molecule has 0 aromatic rings. The van der Waals surface area contributed by atoms with Gasteiger partial charge in [0.05, 0.1) is 4.95 Å². The summed E-state index contributed by atoms with van der Waals surface area (Å²) in [6.45, 7) is 5.21. The molecule has 0 aromatic carbocycles. The number of hydrogen-bond acceptors (Lipinski definition) is 3. The first-order chi connectivity index (χ1) is 5.57. The summed E-state index contributed by atoms with van der Waals surface area (Å²) in [5, 5.41) is 3.90. The van der Waals surface area contributed by atoms with Crippen molar-refractivity contribution in [1.29, 1.82) is 0 Å². The summed E-state index contributed by atoms with van der Waals surface area (Å²) in [6.07, 6.45) is 3.45. The highest BCUT2D eigenvalue weighted by Crippen LogP contribution is 1.92. The van der Waals surface area contributed by atoms with E-state index in [4.69, 9.17) is 0 Å². The molecule has 0 aliphatic heterocycles. The average Bonchev–Trinajstić information content (AvgIpc) is 1.96. The molecule has 4 heteroatoms. The predicted octanol–water partition coefficient (Wildman–Crippen LogP) is 1.84. The highest BCUT2D eigenvalue weighted by molar-refractivity contribution is 9.09. The average molecular weight is 233 g/mol. The largest absolute Gasteiger partial charge is 0.296 e. The molecule has 0 heterocycles. The number of hydrogen-bond donors (Lipinski definition) is 1. The Bertz CT molecular complexity index is 209. The summed E-state index contributed by atoms with van der Waals surface area (Å²) in [5.74, 6) is -0.0475. The van der Waals surface area contributed by atoms with Crippen molar-refractivity contribution in [3.8, 4) is 0 Å². The number of allylic oxidation sites excluding steroid dienone is 2. The first-order valence-corrected chi connectivity index (χ1v) is 4.60. The van der Waals surface area contributed by atoms with Gasteiger partial charge in [-0.25, -0.2) is 0 Å². The van der Waals surface area contributed by atoms with Crippen molar-refractivity contribution in [2.24, 2.45) is 5.10 Å². The number of carbonyl (C=O) groups excluding carboxylic acids is 1. The first kappa shape index (κ1) is 11.4. The third-order valence-corrected chi connectivity index (χ3v) is 1.25. The van der Waals surface area contributed by atoms with E-state index in [1.165, 1.54) is 6.92 Å². The monoisotopic (exact) mass is 232 g/mol. The van der Waals surface area contributed by atoms with Gasteiger partial charge in [-0.1, -0.05) is 22.0 Å². The smallest absolute Gasteiger partial charge is 0.179 e. The van der Waals surface area contributed by atoms with Crippen LogP contribution in [0.4, 0.5) is 0 Å². The SMILES string of the molecule is C/C=C/C(=N\NC(C)Br)C(C)=O. The Morgan fingerprint density at radius 2 is 2.25 bits per heavy atom. The normalized spacial score (nSPS) is 14.8. The quantitative estimate of drug-likeness (QED) is 0.348. The molecule has 1 unspecified atom stereocenters. The van der Waals surface area contributed by atoms with Gasteiger partial charge in [-0.15, -0.1) is 0 Å². The number of alkyl halides is 1. The van der Waals surface area contributed by atoms with Gasteiger partial charge in [0.2, 0.25) is 0 Å². The lowest BCUT2D eigenvalue weighted by atomic mass is 10.2. The zero-order valence-electron chi connectivity index (χ0n) is 7.47. The molecule has 3 nitrogen and oxygen atoms in total. The Morgan fingerprint density at radius 3 is 2.58 bits per heavy atom. The van der Waals surface area contributed by atoms with E-state index in [-0.39, 0.29) is 10.7 Å². The first-order valence-electron chi connectivity index (χ1n) is 3.68. The summed E-state index contributed by atoms with van der Waals surface area (Å²) >= 11 is 3.25. The van der Waals surface area contributed by atoms with Crippen LogP contribution in [0.15, 0.2) is 17.3 Å². The molecule has 12 heavy (non-hydrogen) atoms. The molecule has 0 fully saturated rings. The van der Waals surface area contributed by atoms with Gasteiger partial charge in [0.15, 0.2) is 5.78 Å². The minimum Gasteiger partial charge on any atom is -0.296 e. The molecule has 0 amide bonds. The molecule has 0 rings (SSSR count). The fraction of sp³-hybridized carbons (Fsp3) is 0.500. The summed E-state index contributed by atoms with van der Waals surface area (Å²) in [6, 6.07) is 0. The summed E-state index contributed by atoms with van der Waals surface area (Å²) < 4.78 is 0. The Morgan fingerprint density at radius 1 is 1.67 bits per heavy atom. The van der Waals surface area contributed by atoms with E-state index in [9.17, 15) is 4.79 Å². The van der Waals surface area contributed by atoms with Crippen LogP contribution in [0.1, 0.15) is 20.8 Å². The Hall–Kier alpha value is -0.640. The second kappa shape index (κ2) is 5.94. The molecular formula is C8H13BrN2O. The molecule has 68 valence electrons. The second-order valence-electron chi connectivity index (χ2n) is 2.30. The van der Waals surface area contributed by atoms with Crippen LogP contribution in [0.2, 0.25) is 0 Å². The minimum atomic E-state index is -0.0475. The molecule has 0 aromatic heterocycles. The fourth-order valence-corrected chi connectivity index (χ4v) is 0.652. The van der Waals surface area contributed by atoms with Crippen molar-refractivity contribution in [3.63, 3.8) is 0 Å². The molecule has 0 aliphatic carbocycles.